The third-order valence-electron chi connectivity index (χ3n) is 9.32. The molecular formula is C44H30S. The van der Waals surface area contributed by atoms with E-state index >= 15 is 0 Å². The predicted molar refractivity (Wildman–Crippen MR) is 197 cm³/mol. The van der Waals surface area contributed by atoms with Crippen LogP contribution in [0.1, 0.15) is 18.4 Å². The molecule has 0 N–H and O–H groups in total. The molecule has 0 atom stereocenters. The summed E-state index contributed by atoms with van der Waals surface area (Å²) in [6.45, 7) is 0. The molecule has 0 aliphatic heterocycles. The lowest BCUT2D eigenvalue weighted by molar-refractivity contribution is 1.05. The molecule has 45 heavy (non-hydrogen) atoms. The number of benzene rings is 7. The molecule has 0 spiro atoms. The zero-order chi connectivity index (χ0) is 29.7. The van der Waals surface area contributed by atoms with Crippen LogP contribution in [0.25, 0.3) is 80.7 Å². The van der Waals surface area contributed by atoms with Gasteiger partial charge >= 0.3 is 0 Å². The fraction of sp³-hybridized carbons (Fsp3) is 0.0455. The van der Waals surface area contributed by atoms with Crippen molar-refractivity contribution in [3.05, 3.63) is 163 Å². The second kappa shape index (κ2) is 10.7. The van der Waals surface area contributed by atoms with Crippen molar-refractivity contribution < 1.29 is 0 Å². The van der Waals surface area contributed by atoms with E-state index in [2.05, 4.69) is 158 Å². The minimum absolute atomic E-state index is 1.06. The van der Waals surface area contributed by atoms with Crippen LogP contribution in [0.2, 0.25) is 0 Å². The van der Waals surface area contributed by atoms with E-state index in [-0.39, 0.29) is 0 Å². The quantitative estimate of drug-likeness (QED) is 0.179. The second-order valence-corrected chi connectivity index (χ2v) is 13.0. The molecule has 1 aromatic heterocycles. The molecule has 0 saturated carbocycles. The Hall–Kier alpha value is -5.24. The van der Waals surface area contributed by atoms with Crippen molar-refractivity contribution in [2.75, 3.05) is 0 Å². The molecule has 0 amide bonds. The first kappa shape index (κ1) is 26.2. The number of thiophene rings is 1. The van der Waals surface area contributed by atoms with Gasteiger partial charge in [0.25, 0.3) is 0 Å². The summed E-state index contributed by atoms with van der Waals surface area (Å²) in [6.07, 6.45) is 8.92. The zero-order valence-corrected chi connectivity index (χ0v) is 25.7. The SMILES string of the molecule is C1=CCCC(c2cc(-c3ccccc3)cc(-c3c4ccccc4c(-c4cccc5c4sc4ccccc45)c4ccccc34)c2)=C1. The fourth-order valence-corrected chi connectivity index (χ4v) is 8.49. The van der Waals surface area contributed by atoms with E-state index in [0.29, 0.717) is 0 Å². The number of allylic oxidation sites excluding steroid dienone is 4. The van der Waals surface area contributed by atoms with E-state index in [4.69, 9.17) is 0 Å². The molecule has 0 unspecified atom stereocenters. The van der Waals surface area contributed by atoms with Gasteiger partial charge in [-0.3, -0.25) is 0 Å². The van der Waals surface area contributed by atoms with Crippen LogP contribution < -0.4 is 0 Å². The first-order valence-electron chi connectivity index (χ1n) is 15.7. The Morgan fingerprint density at radius 2 is 1.04 bits per heavy atom. The highest BCUT2D eigenvalue weighted by atomic mass is 32.1. The molecule has 1 heterocycles. The molecule has 1 heteroatoms. The average molecular weight is 591 g/mol. The molecule has 0 nitrogen and oxygen atoms in total. The summed E-state index contributed by atoms with van der Waals surface area (Å²) in [5, 5.41) is 7.84. The van der Waals surface area contributed by atoms with Gasteiger partial charge in [-0.2, -0.15) is 0 Å². The van der Waals surface area contributed by atoms with Gasteiger partial charge in [-0.25, -0.2) is 0 Å². The molecule has 212 valence electrons. The van der Waals surface area contributed by atoms with Crippen molar-refractivity contribution in [2.24, 2.45) is 0 Å². The summed E-state index contributed by atoms with van der Waals surface area (Å²) >= 11 is 1.91. The summed E-state index contributed by atoms with van der Waals surface area (Å²) in [7, 11) is 0. The van der Waals surface area contributed by atoms with Gasteiger partial charge in [0.1, 0.15) is 0 Å². The Morgan fingerprint density at radius 3 is 1.76 bits per heavy atom. The highest BCUT2D eigenvalue weighted by Crippen LogP contribution is 2.48. The van der Waals surface area contributed by atoms with Crippen molar-refractivity contribution in [3.8, 4) is 33.4 Å². The lowest BCUT2D eigenvalue weighted by Gasteiger charge is -2.20. The fourth-order valence-electron chi connectivity index (χ4n) is 7.27. The van der Waals surface area contributed by atoms with E-state index in [1.807, 2.05) is 11.3 Å². The van der Waals surface area contributed by atoms with Gasteiger partial charge in [0, 0.05) is 25.7 Å². The lowest BCUT2D eigenvalue weighted by Crippen LogP contribution is -1.94. The maximum Gasteiger partial charge on any atom is 0.0434 e. The molecule has 0 saturated heterocycles. The molecule has 0 fully saturated rings. The van der Waals surface area contributed by atoms with Crippen LogP contribution in [-0.4, -0.2) is 0 Å². The van der Waals surface area contributed by atoms with Gasteiger partial charge in [-0.1, -0.05) is 133 Å². The second-order valence-electron chi connectivity index (χ2n) is 11.9. The first-order valence-corrected chi connectivity index (χ1v) is 16.6. The van der Waals surface area contributed by atoms with Crippen LogP contribution in [0.5, 0.6) is 0 Å². The van der Waals surface area contributed by atoms with Gasteiger partial charge in [0.15, 0.2) is 0 Å². The van der Waals surface area contributed by atoms with Crippen molar-refractivity contribution in [2.45, 2.75) is 12.8 Å². The molecule has 7 aromatic carbocycles. The Morgan fingerprint density at radius 1 is 0.444 bits per heavy atom. The molecule has 1 aliphatic rings. The van der Waals surface area contributed by atoms with Crippen LogP contribution >= 0.6 is 11.3 Å². The highest BCUT2D eigenvalue weighted by Gasteiger charge is 2.20. The molecule has 8 aromatic rings. The van der Waals surface area contributed by atoms with Gasteiger partial charge in [0.2, 0.25) is 0 Å². The number of rotatable bonds is 4. The summed E-state index contributed by atoms with van der Waals surface area (Å²) < 4.78 is 2.69. The van der Waals surface area contributed by atoms with Gasteiger partial charge < -0.3 is 0 Å². The van der Waals surface area contributed by atoms with Crippen molar-refractivity contribution >= 4 is 58.6 Å². The predicted octanol–water partition coefficient (Wildman–Crippen LogP) is 13.1. The third-order valence-corrected chi connectivity index (χ3v) is 10.5. The highest BCUT2D eigenvalue weighted by molar-refractivity contribution is 7.26. The van der Waals surface area contributed by atoms with Crippen LogP contribution in [0.15, 0.2) is 158 Å². The summed E-state index contributed by atoms with van der Waals surface area (Å²) in [4.78, 5) is 0. The lowest BCUT2D eigenvalue weighted by atomic mass is 9.84. The number of hydrogen-bond acceptors (Lipinski definition) is 1. The van der Waals surface area contributed by atoms with Gasteiger partial charge in [-0.15, -0.1) is 11.3 Å². The van der Waals surface area contributed by atoms with E-state index in [0.717, 1.165) is 12.8 Å². The summed E-state index contributed by atoms with van der Waals surface area (Å²) in [5.74, 6) is 0. The topological polar surface area (TPSA) is 0 Å². The molecule has 9 rings (SSSR count). The van der Waals surface area contributed by atoms with Crippen molar-refractivity contribution in [1.29, 1.82) is 0 Å². The standard InChI is InChI=1S/C44H30S/c1-3-14-29(15-4-1)31-26-32(30-16-5-2-6-17-30)28-33(27-31)42-35-19-7-9-21-37(35)43(38-22-10-8-20-36(38)42)40-24-13-23-39-34-18-11-12-25-41(34)45-44(39)40/h1-5,7-16,18-28H,6,17H2. The molecular weight excluding hydrogens is 561 g/mol. The average Bonchev–Trinajstić information content (AvgIpc) is 3.50. The van der Waals surface area contributed by atoms with Crippen LogP contribution in [0.4, 0.5) is 0 Å². The van der Waals surface area contributed by atoms with Crippen LogP contribution in [0, 0.1) is 0 Å². The van der Waals surface area contributed by atoms with Crippen molar-refractivity contribution in [1.82, 2.24) is 0 Å². The van der Waals surface area contributed by atoms with Crippen molar-refractivity contribution in [3.63, 3.8) is 0 Å². The monoisotopic (exact) mass is 590 g/mol. The molecule has 1 aliphatic carbocycles. The smallest absolute Gasteiger partial charge is 0.0434 e. The Labute approximate surface area is 267 Å². The van der Waals surface area contributed by atoms with E-state index in [1.54, 1.807) is 0 Å². The Bertz CT molecular complexity index is 2410. The normalized spacial score (nSPS) is 13.2. The maximum absolute atomic E-state index is 2.43. The third kappa shape index (κ3) is 4.35. The van der Waals surface area contributed by atoms with E-state index in [9.17, 15) is 0 Å². The summed E-state index contributed by atoms with van der Waals surface area (Å²) in [5.41, 5.74) is 10.4. The van der Waals surface area contributed by atoms with Crippen LogP contribution in [-0.2, 0) is 0 Å². The van der Waals surface area contributed by atoms with E-state index < -0.39 is 0 Å². The molecule has 0 bridgehead atoms. The number of hydrogen-bond donors (Lipinski definition) is 0. The minimum atomic E-state index is 1.06. The largest absolute Gasteiger partial charge is 0.135 e. The Balaban J connectivity index is 1.38. The zero-order valence-electron chi connectivity index (χ0n) is 24.8. The van der Waals surface area contributed by atoms with Crippen LogP contribution in [0.3, 0.4) is 0 Å². The van der Waals surface area contributed by atoms with E-state index in [1.165, 1.54) is 86.2 Å². The summed E-state index contributed by atoms with van der Waals surface area (Å²) in [6, 6.07) is 51.7. The molecule has 0 radical (unpaired) electrons. The Kier molecular flexibility index (Phi) is 6.25. The van der Waals surface area contributed by atoms with Gasteiger partial charge in [-0.05, 0) is 97.6 Å². The number of fused-ring (bicyclic) bond motifs is 5. The minimum Gasteiger partial charge on any atom is -0.135 e. The first-order chi connectivity index (χ1) is 22.3. The maximum atomic E-state index is 2.43. The van der Waals surface area contributed by atoms with Gasteiger partial charge in [0.05, 0.1) is 0 Å².